The molecule has 0 bridgehead atoms. The number of aryl methyl sites for hydroxylation is 2. The lowest BCUT2D eigenvalue weighted by atomic mass is 9.96. The molecule has 1 aromatic carbocycles. The Balaban J connectivity index is 2.26. The molecule has 0 aromatic heterocycles. The second kappa shape index (κ2) is 5.74. The monoisotopic (exact) mass is 261 g/mol. The van der Waals surface area contributed by atoms with Crippen LogP contribution in [0.4, 0.5) is 0 Å². The number of nitrogens with zero attached hydrogens (tertiary/aromatic N) is 1. The van der Waals surface area contributed by atoms with Crippen LogP contribution in [0.2, 0.25) is 0 Å². The average molecular weight is 261 g/mol. The Hall–Kier alpha value is -1.35. The van der Waals surface area contributed by atoms with Gasteiger partial charge in [0.2, 0.25) is 0 Å². The van der Waals surface area contributed by atoms with Crippen LogP contribution in [-0.4, -0.2) is 34.6 Å². The van der Waals surface area contributed by atoms with Gasteiger partial charge < -0.3 is 10.0 Å². The summed E-state index contributed by atoms with van der Waals surface area (Å²) in [5.41, 5.74) is 2.94. The molecule has 1 amide bonds. The van der Waals surface area contributed by atoms with Crippen molar-refractivity contribution in [3.8, 4) is 0 Å². The molecule has 0 aliphatic carbocycles. The van der Waals surface area contributed by atoms with Crippen LogP contribution in [-0.2, 0) is 0 Å². The van der Waals surface area contributed by atoms with Crippen molar-refractivity contribution in [3.05, 3.63) is 34.9 Å². The maximum atomic E-state index is 12.7. The summed E-state index contributed by atoms with van der Waals surface area (Å²) >= 11 is 0. The number of carbonyl (C=O) groups excluding carboxylic acids is 1. The van der Waals surface area contributed by atoms with E-state index in [1.54, 1.807) is 6.92 Å². The first-order valence-electron chi connectivity index (χ1n) is 7.07. The number of aliphatic hydroxyl groups excluding tert-OH is 1. The summed E-state index contributed by atoms with van der Waals surface area (Å²) in [6.07, 6.45) is 2.55. The normalized spacial score (nSPS) is 21.3. The smallest absolute Gasteiger partial charge is 0.254 e. The fourth-order valence-corrected chi connectivity index (χ4v) is 2.92. The van der Waals surface area contributed by atoms with Crippen molar-refractivity contribution in [1.29, 1.82) is 0 Å². The van der Waals surface area contributed by atoms with Crippen molar-refractivity contribution >= 4 is 5.91 Å². The highest BCUT2D eigenvalue weighted by atomic mass is 16.3. The minimum Gasteiger partial charge on any atom is -0.391 e. The lowest BCUT2D eigenvalue weighted by molar-refractivity contribution is 0.0280. The molecule has 1 N–H and O–H groups in total. The highest BCUT2D eigenvalue weighted by Crippen LogP contribution is 2.23. The molecule has 0 radical (unpaired) electrons. The Morgan fingerprint density at radius 2 is 2.11 bits per heavy atom. The summed E-state index contributed by atoms with van der Waals surface area (Å²) in [7, 11) is 0. The number of carbonyl (C=O) groups is 1. The maximum Gasteiger partial charge on any atom is 0.254 e. The summed E-state index contributed by atoms with van der Waals surface area (Å²) in [4.78, 5) is 14.5. The molecule has 1 heterocycles. The number of likely N-dealkylation sites (tertiary alicyclic amines) is 1. The molecule has 2 rings (SSSR count). The van der Waals surface area contributed by atoms with Crippen molar-refractivity contribution in [2.45, 2.75) is 52.2 Å². The van der Waals surface area contributed by atoms with E-state index in [2.05, 4.69) is 0 Å². The summed E-state index contributed by atoms with van der Waals surface area (Å²) in [6.45, 7) is 6.53. The van der Waals surface area contributed by atoms with Gasteiger partial charge in [0.05, 0.1) is 12.1 Å². The largest absolute Gasteiger partial charge is 0.391 e. The minimum absolute atomic E-state index is 0.0399. The Labute approximate surface area is 115 Å². The molecule has 2 atom stereocenters. The predicted molar refractivity (Wildman–Crippen MR) is 76.3 cm³/mol. The quantitative estimate of drug-likeness (QED) is 0.889. The Bertz CT molecular complexity index is 468. The van der Waals surface area contributed by atoms with Crippen LogP contribution < -0.4 is 0 Å². The van der Waals surface area contributed by atoms with Crippen molar-refractivity contribution in [2.24, 2.45) is 0 Å². The van der Waals surface area contributed by atoms with Gasteiger partial charge in [-0.1, -0.05) is 17.7 Å². The second-order valence-corrected chi connectivity index (χ2v) is 5.62. The molecule has 3 heteroatoms. The number of hydrogen-bond acceptors (Lipinski definition) is 2. The molecule has 1 fully saturated rings. The Morgan fingerprint density at radius 1 is 1.37 bits per heavy atom. The van der Waals surface area contributed by atoms with Gasteiger partial charge >= 0.3 is 0 Å². The third kappa shape index (κ3) is 2.98. The third-order valence-corrected chi connectivity index (χ3v) is 3.98. The molecule has 1 aliphatic rings. The van der Waals surface area contributed by atoms with Gasteiger partial charge in [-0.2, -0.15) is 0 Å². The molecule has 0 saturated carbocycles. The highest BCUT2D eigenvalue weighted by Gasteiger charge is 2.30. The summed E-state index contributed by atoms with van der Waals surface area (Å²) in [5, 5.41) is 9.86. The van der Waals surface area contributed by atoms with Crippen molar-refractivity contribution < 1.29 is 9.90 Å². The van der Waals surface area contributed by atoms with Gasteiger partial charge in [-0.15, -0.1) is 0 Å². The average Bonchev–Trinajstić information content (AvgIpc) is 2.38. The zero-order chi connectivity index (χ0) is 14.0. The van der Waals surface area contributed by atoms with Crippen molar-refractivity contribution in [3.63, 3.8) is 0 Å². The topological polar surface area (TPSA) is 40.5 Å². The lowest BCUT2D eigenvalue weighted by Crippen LogP contribution is -2.49. The standard InChI is InChI=1S/C16H23NO2/c1-11-7-8-14(12(2)10-11)16(19)17-9-5-4-6-15(17)13(3)18/h7-8,10,13,15,18H,4-6,9H2,1-3H3/t13-,15-/m0/s1. The molecule has 19 heavy (non-hydrogen) atoms. The minimum atomic E-state index is -0.463. The van der Waals surface area contributed by atoms with E-state index in [0.717, 1.165) is 36.9 Å². The number of amides is 1. The zero-order valence-electron chi connectivity index (χ0n) is 12.0. The van der Waals surface area contributed by atoms with Crippen LogP contribution >= 0.6 is 0 Å². The van der Waals surface area contributed by atoms with Gasteiger partial charge in [-0.3, -0.25) is 4.79 Å². The van der Waals surface area contributed by atoms with E-state index in [9.17, 15) is 9.90 Å². The van der Waals surface area contributed by atoms with Gasteiger partial charge in [0, 0.05) is 12.1 Å². The van der Waals surface area contributed by atoms with E-state index < -0.39 is 6.10 Å². The number of rotatable bonds is 2. The number of hydrogen-bond donors (Lipinski definition) is 1. The van der Waals surface area contributed by atoms with Crippen LogP contribution in [0.3, 0.4) is 0 Å². The zero-order valence-corrected chi connectivity index (χ0v) is 12.0. The fourth-order valence-electron chi connectivity index (χ4n) is 2.92. The molecule has 104 valence electrons. The summed E-state index contributed by atoms with van der Waals surface area (Å²) in [6, 6.07) is 5.87. The van der Waals surface area contributed by atoms with E-state index in [1.807, 2.05) is 36.9 Å². The van der Waals surface area contributed by atoms with Crippen molar-refractivity contribution in [1.82, 2.24) is 4.90 Å². The summed E-state index contributed by atoms with van der Waals surface area (Å²) in [5.74, 6) is 0.0584. The first-order chi connectivity index (χ1) is 9.00. The van der Waals surface area contributed by atoms with E-state index in [-0.39, 0.29) is 11.9 Å². The van der Waals surface area contributed by atoms with Gasteiger partial charge in [0.1, 0.15) is 0 Å². The van der Waals surface area contributed by atoms with E-state index >= 15 is 0 Å². The van der Waals surface area contributed by atoms with Crippen LogP contribution in [0.1, 0.15) is 47.7 Å². The Morgan fingerprint density at radius 3 is 2.74 bits per heavy atom. The fraction of sp³-hybridized carbons (Fsp3) is 0.562. The number of benzene rings is 1. The number of piperidine rings is 1. The first-order valence-corrected chi connectivity index (χ1v) is 7.07. The highest BCUT2D eigenvalue weighted by molar-refractivity contribution is 5.96. The van der Waals surface area contributed by atoms with Gasteiger partial charge in [-0.25, -0.2) is 0 Å². The molecule has 1 aliphatic heterocycles. The molecule has 1 saturated heterocycles. The summed E-state index contributed by atoms with van der Waals surface area (Å²) < 4.78 is 0. The van der Waals surface area contributed by atoms with E-state index in [4.69, 9.17) is 0 Å². The molecule has 1 aromatic rings. The molecule has 0 unspecified atom stereocenters. The molecular formula is C16H23NO2. The van der Waals surface area contributed by atoms with Crippen LogP contribution in [0.5, 0.6) is 0 Å². The molecular weight excluding hydrogens is 238 g/mol. The lowest BCUT2D eigenvalue weighted by Gasteiger charge is -2.37. The SMILES string of the molecule is Cc1ccc(C(=O)N2CCCC[C@H]2[C@H](C)O)c(C)c1. The number of aliphatic hydroxyl groups is 1. The Kier molecular flexibility index (Phi) is 4.25. The van der Waals surface area contributed by atoms with Crippen molar-refractivity contribution in [2.75, 3.05) is 6.54 Å². The van der Waals surface area contributed by atoms with Gasteiger partial charge in [0.25, 0.3) is 5.91 Å². The van der Waals surface area contributed by atoms with Gasteiger partial charge in [0.15, 0.2) is 0 Å². The van der Waals surface area contributed by atoms with E-state index in [1.165, 1.54) is 5.56 Å². The van der Waals surface area contributed by atoms with Crippen LogP contribution in [0.25, 0.3) is 0 Å². The molecule has 0 spiro atoms. The van der Waals surface area contributed by atoms with E-state index in [0.29, 0.717) is 0 Å². The van der Waals surface area contributed by atoms with Crippen LogP contribution in [0, 0.1) is 13.8 Å². The molecule has 3 nitrogen and oxygen atoms in total. The maximum absolute atomic E-state index is 12.7. The van der Waals surface area contributed by atoms with Gasteiger partial charge in [-0.05, 0) is 51.7 Å². The third-order valence-electron chi connectivity index (χ3n) is 3.98. The van der Waals surface area contributed by atoms with Crippen LogP contribution in [0.15, 0.2) is 18.2 Å². The first kappa shape index (κ1) is 14.1. The predicted octanol–water partition coefficient (Wildman–Crippen LogP) is 2.68. The second-order valence-electron chi connectivity index (χ2n) is 5.62.